The number of hydrogen-bond acceptors (Lipinski definition) is 7. The minimum atomic E-state index is -0.351. The second-order valence-corrected chi connectivity index (χ2v) is 6.51. The number of nitrogens with zero attached hydrogens (tertiary/aromatic N) is 3. The predicted molar refractivity (Wildman–Crippen MR) is 102 cm³/mol. The van der Waals surface area contributed by atoms with Gasteiger partial charge in [-0.1, -0.05) is 12.1 Å². The van der Waals surface area contributed by atoms with Gasteiger partial charge in [-0.25, -0.2) is 4.98 Å². The normalized spacial score (nSPS) is 14.2. The average Bonchev–Trinajstić information content (AvgIpc) is 2.77. The summed E-state index contributed by atoms with van der Waals surface area (Å²) in [5, 5.41) is 8.84. The number of esters is 1. The number of ether oxygens (including phenoxy) is 2. The van der Waals surface area contributed by atoms with Crippen molar-refractivity contribution in [1.29, 1.82) is 5.26 Å². The Balaban J connectivity index is 1.50. The van der Waals surface area contributed by atoms with Crippen molar-refractivity contribution in [3.63, 3.8) is 0 Å². The van der Waals surface area contributed by atoms with E-state index in [1.165, 1.54) is 7.11 Å². The van der Waals surface area contributed by atoms with Gasteiger partial charge in [-0.3, -0.25) is 9.59 Å². The SMILES string of the molecule is COc1ccccc1C(=O)COC(=O)C1CCN(c2ccc(C#N)cn2)CC1. The largest absolute Gasteiger partial charge is 0.496 e. The molecule has 0 spiro atoms. The van der Waals surface area contributed by atoms with E-state index >= 15 is 0 Å². The van der Waals surface area contributed by atoms with Crippen LogP contribution in [-0.4, -0.2) is 43.5 Å². The molecule has 0 atom stereocenters. The number of methoxy groups -OCH3 is 1. The molecule has 7 nitrogen and oxygen atoms in total. The summed E-state index contributed by atoms with van der Waals surface area (Å²) in [7, 11) is 1.49. The summed E-state index contributed by atoms with van der Waals surface area (Å²) in [6.45, 7) is 1.04. The number of ketones is 1. The van der Waals surface area contributed by atoms with Crippen molar-refractivity contribution >= 4 is 17.6 Å². The Hall–Kier alpha value is -3.40. The number of rotatable bonds is 6. The van der Waals surface area contributed by atoms with E-state index in [9.17, 15) is 9.59 Å². The number of pyridine rings is 1. The molecular weight excluding hydrogens is 358 g/mol. The van der Waals surface area contributed by atoms with Gasteiger partial charge < -0.3 is 14.4 Å². The summed E-state index contributed by atoms with van der Waals surface area (Å²) < 4.78 is 10.4. The van der Waals surface area contributed by atoms with Crippen molar-refractivity contribution in [2.24, 2.45) is 5.92 Å². The van der Waals surface area contributed by atoms with E-state index in [0.29, 0.717) is 42.8 Å². The molecule has 0 aliphatic carbocycles. The highest BCUT2D eigenvalue weighted by Crippen LogP contribution is 2.23. The molecule has 0 amide bonds. The summed E-state index contributed by atoms with van der Waals surface area (Å²) in [5.41, 5.74) is 0.918. The van der Waals surface area contributed by atoms with E-state index in [4.69, 9.17) is 14.7 Å². The first kappa shape index (κ1) is 19.4. The number of nitriles is 1. The van der Waals surface area contributed by atoms with E-state index in [1.54, 1.807) is 36.5 Å². The Bertz CT molecular complexity index is 881. The quantitative estimate of drug-likeness (QED) is 0.563. The van der Waals surface area contributed by atoms with Crippen molar-refractivity contribution < 1.29 is 19.1 Å². The maximum atomic E-state index is 12.3. The molecular formula is C21H21N3O4. The number of aromatic nitrogens is 1. The third-order valence-electron chi connectivity index (χ3n) is 4.78. The number of benzene rings is 1. The molecule has 3 rings (SSSR count). The average molecular weight is 379 g/mol. The fourth-order valence-electron chi connectivity index (χ4n) is 3.19. The van der Waals surface area contributed by atoms with Crippen LogP contribution in [0, 0.1) is 17.2 Å². The molecule has 1 saturated heterocycles. The van der Waals surface area contributed by atoms with E-state index in [-0.39, 0.29) is 24.3 Å². The van der Waals surface area contributed by atoms with Gasteiger partial charge in [-0.2, -0.15) is 5.26 Å². The first-order valence-electron chi connectivity index (χ1n) is 9.06. The number of Topliss-reactive ketones (excluding diaryl/α,β-unsaturated/α-hetero) is 1. The first-order chi connectivity index (χ1) is 13.6. The summed E-state index contributed by atoms with van der Waals surface area (Å²) in [4.78, 5) is 31.0. The molecule has 0 unspecified atom stereocenters. The number of carbonyl (C=O) groups is 2. The number of hydrogen-bond donors (Lipinski definition) is 0. The lowest BCUT2D eigenvalue weighted by Crippen LogP contribution is -2.37. The van der Waals surface area contributed by atoms with Gasteiger partial charge in [0.25, 0.3) is 0 Å². The fourth-order valence-corrected chi connectivity index (χ4v) is 3.19. The molecule has 1 aliphatic rings. The van der Waals surface area contributed by atoms with Gasteiger partial charge in [0.2, 0.25) is 5.78 Å². The molecule has 1 fully saturated rings. The lowest BCUT2D eigenvalue weighted by atomic mass is 9.97. The van der Waals surface area contributed by atoms with Crippen molar-refractivity contribution in [2.75, 3.05) is 31.7 Å². The molecule has 2 heterocycles. The summed E-state index contributed by atoms with van der Waals surface area (Å²) in [6.07, 6.45) is 2.80. The van der Waals surface area contributed by atoms with Crippen LogP contribution in [0.25, 0.3) is 0 Å². The number of para-hydroxylation sites is 1. The van der Waals surface area contributed by atoms with Gasteiger partial charge in [0.1, 0.15) is 17.6 Å². The minimum absolute atomic E-state index is 0.236. The Morgan fingerprint density at radius 3 is 2.61 bits per heavy atom. The number of piperidine rings is 1. The molecule has 144 valence electrons. The third kappa shape index (κ3) is 4.46. The maximum absolute atomic E-state index is 12.3. The van der Waals surface area contributed by atoms with Gasteiger partial charge in [0.15, 0.2) is 6.61 Å². The van der Waals surface area contributed by atoms with E-state index in [0.717, 1.165) is 5.82 Å². The molecule has 7 heteroatoms. The lowest BCUT2D eigenvalue weighted by molar-refractivity contribution is -0.148. The first-order valence-corrected chi connectivity index (χ1v) is 9.06. The Morgan fingerprint density at radius 2 is 1.96 bits per heavy atom. The standard InChI is InChI=1S/C21H21N3O4/c1-27-19-5-3-2-4-17(19)18(25)14-28-21(26)16-8-10-24(11-9-16)20-7-6-15(12-22)13-23-20/h2-7,13,16H,8-11,14H2,1H3. The zero-order chi connectivity index (χ0) is 19.9. The highest BCUT2D eigenvalue weighted by Gasteiger charge is 2.27. The third-order valence-corrected chi connectivity index (χ3v) is 4.78. The molecule has 0 saturated carbocycles. The van der Waals surface area contributed by atoms with Gasteiger partial charge >= 0.3 is 5.97 Å². The second-order valence-electron chi connectivity index (χ2n) is 6.51. The Morgan fingerprint density at radius 1 is 1.21 bits per heavy atom. The van der Waals surface area contributed by atoms with Gasteiger partial charge in [-0.15, -0.1) is 0 Å². The fraction of sp³-hybridized carbons (Fsp3) is 0.333. The van der Waals surface area contributed by atoms with Crippen LogP contribution in [0.2, 0.25) is 0 Å². The molecule has 1 aliphatic heterocycles. The van der Waals surface area contributed by atoms with Gasteiger partial charge in [-0.05, 0) is 37.1 Å². The van der Waals surface area contributed by atoms with Crippen LogP contribution in [0.4, 0.5) is 5.82 Å². The zero-order valence-corrected chi connectivity index (χ0v) is 15.6. The topological polar surface area (TPSA) is 92.5 Å². The van der Waals surface area contributed by atoms with E-state index in [1.807, 2.05) is 12.1 Å². The summed E-state index contributed by atoms with van der Waals surface area (Å²) in [6, 6.07) is 12.4. The summed E-state index contributed by atoms with van der Waals surface area (Å²) in [5.74, 6) is 0.379. The van der Waals surface area contributed by atoms with Crippen molar-refractivity contribution in [3.05, 3.63) is 53.7 Å². The lowest BCUT2D eigenvalue weighted by Gasteiger charge is -2.31. The Kier molecular flexibility index (Phi) is 6.22. The zero-order valence-electron chi connectivity index (χ0n) is 15.6. The number of carbonyl (C=O) groups excluding carboxylic acids is 2. The van der Waals surface area contributed by atoms with E-state index < -0.39 is 0 Å². The van der Waals surface area contributed by atoms with Crippen LogP contribution in [0.15, 0.2) is 42.6 Å². The molecule has 2 aromatic rings. The van der Waals surface area contributed by atoms with Crippen LogP contribution >= 0.6 is 0 Å². The van der Waals surface area contributed by atoms with Crippen LogP contribution in [0.5, 0.6) is 5.75 Å². The monoisotopic (exact) mass is 379 g/mol. The van der Waals surface area contributed by atoms with Crippen LogP contribution in [-0.2, 0) is 9.53 Å². The maximum Gasteiger partial charge on any atom is 0.309 e. The van der Waals surface area contributed by atoms with Gasteiger partial charge in [0, 0.05) is 19.3 Å². The van der Waals surface area contributed by atoms with Crippen molar-refractivity contribution in [2.45, 2.75) is 12.8 Å². The van der Waals surface area contributed by atoms with Crippen LogP contribution < -0.4 is 9.64 Å². The molecule has 1 aromatic carbocycles. The highest BCUT2D eigenvalue weighted by atomic mass is 16.5. The molecule has 1 aromatic heterocycles. The minimum Gasteiger partial charge on any atom is -0.496 e. The predicted octanol–water partition coefficient (Wildman–Crippen LogP) is 2.60. The second kappa shape index (κ2) is 9.00. The smallest absolute Gasteiger partial charge is 0.309 e. The van der Waals surface area contributed by atoms with Crippen LogP contribution in [0.3, 0.4) is 0 Å². The molecule has 0 N–H and O–H groups in total. The number of anilines is 1. The van der Waals surface area contributed by atoms with E-state index in [2.05, 4.69) is 9.88 Å². The highest BCUT2D eigenvalue weighted by molar-refractivity contribution is 6.00. The molecule has 0 bridgehead atoms. The molecule has 0 radical (unpaired) electrons. The Labute approximate surface area is 163 Å². The van der Waals surface area contributed by atoms with Crippen LogP contribution in [0.1, 0.15) is 28.8 Å². The van der Waals surface area contributed by atoms with Crippen molar-refractivity contribution in [1.82, 2.24) is 4.98 Å². The van der Waals surface area contributed by atoms with Crippen molar-refractivity contribution in [3.8, 4) is 11.8 Å². The van der Waals surface area contributed by atoms with Gasteiger partial charge in [0.05, 0.1) is 24.2 Å². The molecule has 28 heavy (non-hydrogen) atoms. The summed E-state index contributed by atoms with van der Waals surface area (Å²) >= 11 is 0.